The van der Waals surface area contributed by atoms with Crippen LogP contribution in [0.3, 0.4) is 0 Å². The van der Waals surface area contributed by atoms with Gasteiger partial charge in [0.2, 0.25) is 5.28 Å². The number of hydrogen-bond donors (Lipinski definition) is 4. The first kappa shape index (κ1) is 20.7. The maximum absolute atomic E-state index is 11.4. The van der Waals surface area contributed by atoms with Crippen molar-refractivity contribution in [3.05, 3.63) is 11.6 Å². The van der Waals surface area contributed by atoms with E-state index in [-0.39, 0.29) is 11.1 Å². The summed E-state index contributed by atoms with van der Waals surface area (Å²) >= 11 is 5.83. The van der Waals surface area contributed by atoms with Crippen molar-refractivity contribution in [1.29, 1.82) is 0 Å². The number of carboxylic acid groups (broad SMARTS) is 3. The molecule has 0 saturated carbocycles. The van der Waals surface area contributed by atoms with E-state index < -0.39 is 48.9 Å². The second-order valence-electron chi connectivity index (χ2n) is 6.31. The number of aromatic nitrogens is 4. The summed E-state index contributed by atoms with van der Waals surface area (Å²) in [7, 11) is 0. The van der Waals surface area contributed by atoms with Gasteiger partial charge in [-0.25, -0.2) is 14.6 Å². The van der Waals surface area contributed by atoms with Crippen LogP contribution >= 0.6 is 11.6 Å². The molecule has 13 nitrogen and oxygen atoms in total. The summed E-state index contributed by atoms with van der Waals surface area (Å²) in [4.78, 5) is 45.7. The van der Waals surface area contributed by atoms with Gasteiger partial charge >= 0.3 is 17.9 Å². The molecule has 2 aromatic rings. The fourth-order valence-corrected chi connectivity index (χ4v) is 3.17. The molecule has 5 N–H and O–H groups in total. The van der Waals surface area contributed by atoms with Crippen molar-refractivity contribution in [2.45, 2.75) is 37.2 Å². The van der Waals surface area contributed by atoms with Crippen molar-refractivity contribution >= 4 is 46.5 Å². The second kappa shape index (κ2) is 7.77. The molecular weight excluding hydrogens is 414 g/mol. The standard InChI is InChI=1S/C15H16ClN5O8/c16-14-19-10(17)9-11(20-14)21(5-18-9)7-2-1-6(29-7)4-28-15(12(24)25,13(26)27)3-8(22)23/h5-7H,1-4H2,(H,22,23)(H,24,25)(H,26,27)(H2,17,19,20)/t6-,7+/m0/s1. The van der Waals surface area contributed by atoms with Crippen molar-refractivity contribution in [3.8, 4) is 0 Å². The van der Waals surface area contributed by atoms with Crippen molar-refractivity contribution < 1.29 is 39.2 Å². The minimum absolute atomic E-state index is 0.0731. The van der Waals surface area contributed by atoms with Crippen molar-refractivity contribution in [1.82, 2.24) is 19.5 Å². The van der Waals surface area contributed by atoms with Gasteiger partial charge < -0.3 is 30.5 Å². The summed E-state index contributed by atoms with van der Waals surface area (Å²) in [6, 6.07) is 0. The summed E-state index contributed by atoms with van der Waals surface area (Å²) < 4.78 is 12.4. The van der Waals surface area contributed by atoms with E-state index in [1.165, 1.54) is 6.33 Å². The highest BCUT2D eigenvalue weighted by Crippen LogP contribution is 2.32. The lowest BCUT2D eigenvalue weighted by molar-refractivity contribution is -0.192. The highest BCUT2D eigenvalue weighted by atomic mass is 35.5. The van der Waals surface area contributed by atoms with Gasteiger partial charge in [0.15, 0.2) is 11.5 Å². The number of nitrogens with zero attached hydrogens (tertiary/aromatic N) is 4. The molecule has 156 valence electrons. The van der Waals surface area contributed by atoms with Gasteiger partial charge in [-0.15, -0.1) is 0 Å². The molecule has 2 aromatic heterocycles. The first-order valence-electron chi connectivity index (χ1n) is 8.27. The highest BCUT2D eigenvalue weighted by Gasteiger charge is 2.51. The van der Waals surface area contributed by atoms with Gasteiger partial charge in [0.25, 0.3) is 5.60 Å². The van der Waals surface area contributed by atoms with E-state index in [0.717, 1.165) is 0 Å². The molecule has 0 aliphatic carbocycles. The van der Waals surface area contributed by atoms with Crippen LogP contribution in [0.25, 0.3) is 11.2 Å². The van der Waals surface area contributed by atoms with E-state index in [0.29, 0.717) is 24.0 Å². The van der Waals surface area contributed by atoms with Crippen LogP contribution in [0.1, 0.15) is 25.5 Å². The molecule has 0 bridgehead atoms. The number of aliphatic carboxylic acids is 3. The Morgan fingerprint density at radius 3 is 2.59 bits per heavy atom. The number of rotatable bonds is 8. The smallest absolute Gasteiger partial charge is 0.348 e. The van der Waals surface area contributed by atoms with Crippen LogP contribution in [0, 0.1) is 0 Å². The van der Waals surface area contributed by atoms with Gasteiger partial charge in [0.05, 0.1) is 25.5 Å². The number of anilines is 1. The molecule has 1 aliphatic rings. The Morgan fingerprint density at radius 2 is 1.97 bits per heavy atom. The Morgan fingerprint density at radius 1 is 1.28 bits per heavy atom. The van der Waals surface area contributed by atoms with Gasteiger partial charge in [-0.05, 0) is 24.4 Å². The molecule has 1 fully saturated rings. The fraction of sp³-hybridized carbons (Fsp3) is 0.467. The van der Waals surface area contributed by atoms with Crippen LogP contribution in [0.15, 0.2) is 6.33 Å². The summed E-state index contributed by atoms with van der Waals surface area (Å²) in [6.07, 6.45) is -0.215. The monoisotopic (exact) mass is 429 g/mol. The first-order chi connectivity index (χ1) is 13.6. The van der Waals surface area contributed by atoms with E-state index >= 15 is 0 Å². The van der Waals surface area contributed by atoms with Crippen LogP contribution in [0.2, 0.25) is 5.28 Å². The van der Waals surface area contributed by atoms with Crippen molar-refractivity contribution in [3.63, 3.8) is 0 Å². The average molecular weight is 430 g/mol. The van der Waals surface area contributed by atoms with E-state index in [1.54, 1.807) is 4.57 Å². The Balaban J connectivity index is 1.74. The lowest BCUT2D eigenvalue weighted by atomic mass is 10.00. The third-order valence-electron chi connectivity index (χ3n) is 4.42. The number of carbonyl (C=O) groups is 3. The van der Waals surface area contributed by atoms with Gasteiger partial charge in [-0.1, -0.05) is 0 Å². The number of hydrogen-bond acceptors (Lipinski definition) is 9. The Bertz CT molecular complexity index is 965. The maximum Gasteiger partial charge on any atom is 0.348 e. The minimum Gasteiger partial charge on any atom is -0.481 e. The molecule has 1 aliphatic heterocycles. The van der Waals surface area contributed by atoms with Crippen molar-refractivity contribution in [2.75, 3.05) is 12.3 Å². The van der Waals surface area contributed by atoms with Crippen LogP contribution in [0.4, 0.5) is 5.82 Å². The molecule has 0 unspecified atom stereocenters. The Kier molecular flexibility index (Phi) is 5.55. The van der Waals surface area contributed by atoms with Crippen LogP contribution in [0.5, 0.6) is 0 Å². The predicted octanol–water partition coefficient (Wildman–Crippen LogP) is 0.139. The molecule has 0 aromatic carbocycles. The fourth-order valence-electron chi connectivity index (χ4n) is 3.00. The molecule has 29 heavy (non-hydrogen) atoms. The van der Waals surface area contributed by atoms with E-state index in [9.17, 15) is 24.6 Å². The number of imidazole rings is 1. The molecule has 0 radical (unpaired) electrons. The number of halogens is 1. The van der Waals surface area contributed by atoms with Gasteiger partial charge in [0, 0.05) is 0 Å². The van der Waals surface area contributed by atoms with E-state index in [4.69, 9.17) is 31.9 Å². The van der Waals surface area contributed by atoms with Crippen LogP contribution in [-0.2, 0) is 23.9 Å². The molecule has 0 amide bonds. The molecule has 3 rings (SSSR count). The Labute approximate surface area is 167 Å². The van der Waals surface area contributed by atoms with Crippen LogP contribution < -0.4 is 5.73 Å². The zero-order valence-electron chi connectivity index (χ0n) is 14.7. The number of nitrogens with two attached hydrogens (primary N) is 1. The SMILES string of the molecule is Nc1nc(Cl)nc2c1ncn2[C@H]1CC[C@@H](COC(CC(=O)O)(C(=O)O)C(=O)O)O1. The first-order valence-corrected chi connectivity index (χ1v) is 8.65. The molecule has 2 atom stereocenters. The second-order valence-corrected chi connectivity index (χ2v) is 6.65. The number of fused-ring (bicyclic) bond motifs is 1. The third-order valence-corrected chi connectivity index (χ3v) is 4.59. The topological polar surface area (TPSA) is 200 Å². The zero-order valence-corrected chi connectivity index (χ0v) is 15.4. The zero-order chi connectivity index (χ0) is 21.3. The average Bonchev–Trinajstić information content (AvgIpc) is 3.24. The predicted molar refractivity (Wildman–Crippen MR) is 94.1 cm³/mol. The summed E-state index contributed by atoms with van der Waals surface area (Å²) in [6.45, 7) is -0.438. The molecule has 1 saturated heterocycles. The largest absolute Gasteiger partial charge is 0.481 e. The van der Waals surface area contributed by atoms with Gasteiger partial charge in [0.1, 0.15) is 11.7 Å². The number of nitrogen functional groups attached to an aromatic ring is 1. The Hall–Kier alpha value is -3.03. The summed E-state index contributed by atoms with van der Waals surface area (Å²) in [5.74, 6) is -5.36. The normalized spacial score (nSPS) is 19.5. The quantitative estimate of drug-likeness (QED) is 0.327. The van der Waals surface area contributed by atoms with Crippen LogP contribution in [-0.4, -0.2) is 71.1 Å². The highest BCUT2D eigenvalue weighted by molar-refractivity contribution is 6.28. The molecule has 14 heteroatoms. The lowest BCUT2D eigenvalue weighted by Crippen LogP contribution is -2.51. The molecular formula is C15H16ClN5O8. The van der Waals surface area contributed by atoms with E-state index in [1.807, 2.05) is 0 Å². The third kappa shape index (κ3) is 3.92. The minimum atomic E-state index is -2.91. The summed E-state index contributed by atoms with van der Waals surface area (Å²) in [5, 5.41) is 27.3. The summed E-state index contributed by atoms with van der Waals surface area (Å²) in [5.41, 5.74) is 3.51. The number of ether oxygens (including phenoxy) is 2. The molecule has 3 heterocycles. The maximum atomic E-state index is 11.4. The number of carboxylic acids is 3. The molecule has 0 spiro atoms. The van der Waals surface area contributed by atoms with E-state index in [2.05, 4.69) is 15.0 Å². The van der Waals surface area contributed by atoms with Gasteiger partial charge in [-0.2, -0.15) is 9.97 Å². The van der Waals surface area contributed by atoms with Gasteiger partial charge in [-0.3, -0.25) is 9.36 Å². The lowest BCUT2D eigenvalue weighted by Gasteiger charge is -2.25. The van der Waals surface area contributed by atoms with Crippen molar-refractivity contribution in [2.24, 2.45) is 0 Å².